The predicted molar refractivity (Wildman–Crippen MR) is 121 cm³/mol. The maximum Gasteiger partial charge on any atom is 0.234 e. The number of likely N-dealkylation sites (tertiary alicyclic amines) is 1. The van der Waals surface area contributed by atoms with Gasteiger partial charge in [0.2, 0.25) is 5.91 Å². The van der Waals surface area contributed by atoms with Crippen LogP contribution in [0.4, 0.5) is 10.2 Å². The number of anilines is 1. The Labute approximate surface area is 195 Å². The zero-order valence-corrected chi connectivity index (χ0v) is 18.9. The number of nitrogens with zero attached hydrogens (tertiary/aromatic N) is 2. The Hall–Kier alpha value is -2.57. The first kappa shape index (κ1) is 24.1. The van der Waals surface area contributed by atoms with Crippen LogP contribution in [0.1, 0.15) is 30.6 Å². The van der Waals surface area contributed by atoms with Crippen molar-refractivity contribution in [3.63, 3.8) is 0 Å². The lowest BCUT2D eigenvalue weighted by Crippen LogP contribution is -2.36. The van der Waals surface area contributed by atoms with Crippen molar-refractivity contribution in [1.82, 2.24) is 15.2 Å². The van der Waals surface area contributed by atoms with E-state index in [9.17, 15) is 14.3 Å². The molecule has 1 amide bonds. The molecule has 1 fully saturated rings. The number of β-amino-alcohol motifs (C(OH)–C–C–N with tert-alkyl or cyclic N) is 1. The molecule has 1 aromatic carbocycles. The lowest BCUT2D eigenvalue weighted by atomic mass is 10.1. The molecule has 1 aromatic heterocycles. The highest BCUT2D eigenvalue weighted by atomic mass is 35.5. The van der Waals surface area contributed by atoms with Crippen molar-refractivity contribution in [2.75, 3.05) is 31.9 Å². The summed E-state index contributed by atoms with van der Waals surface area (Å²) in [5, 5.41) is 12.4. The standard InChI is InChI=1S/C22H23Cl2FN4O3/c1-13(20-16(23)4-5-17(25)21(20)24)32-18-9-14(10-28-22(18)26)3-2-7-27-19(31)12-29-8-6-15(30)11-29/h4-5,9-10,13,15,30H,6-8,11-12H2,1H3,(H2,26,28)(H,27,31). The van der Waals surface area contributed by atoms with Crippen LogP contribution < -0.4 is 15.8 Å². The first-order valence-electron chi connectivity index (χ1n) is 9.96. The van der Waals surface area contributed by atoms with Crippen LogP contribution in [0.15, 0.2) is 24.4 Å². The largest absolute Gasteiger partial charge is 0.482 e. The highest BCUT2D eigenvalue weighted by Crippen LogP contribution is 2.35. The van der Waals surface area contributed by atoms with Crippen molar-refractivity contribution < 1.29 is 19.0 Å². The van der Waals surface area contributed by atoms with E-state index in [0.717, 1.165) is 0 Å². The zero-order valence-electron chi connectivity index (χ0n) is 17.4. The lowest BCUT2D eigenvalue weighted by Gasteiger charge is -2.18. The Morgan fingerprint density at radius 3 is 3.00 bits per heavy atom. The van der Waals surface area contributed by atoms with Crippen molar-refractivity contribution in [1.29, 1.82) is 0 Å². The number of amides is 1. The van der Waals surface area contributed by atoms with E-state index in [1.54, 1.807) is 13.0 Å². The molecule has 1 aliphatic rings. The number of pyridine rings is 1. The molecule has 0 saturated carbocycles. The van der Waals surface area contributed by atoms with E-state index < -0.39 is 11.9 Å². The number of nitrogens with two attached hydrogens (primary N) is 1. The second-order valence-electron chi connectivity index (χ2n) is 7.38. The van der Waals surface area contributed by atoms with Crippen LogP contribution in [0.2, 0.25) is 10.0 Å². The second-order valence-corrected chi connectivity index (χ2v) is 8.17. The molecule has 4 N–H and O–H groups in total. The van der Waals surface area contributed by atoms with Crippen LogP contribution in [0, 0.1) is 17.7 Å². The Balaban J connectivity index is 1.60. The van der Waals surface area contributed by atoms with Gasteiger partial charge in [0.05, 0.1) is 24.2 Å². The van der Waals surface area contributed by atoms with Crippen molar-refractivity contribution in [3.8, 4) is 17.6 Å². The molecule has 2 atom stereocenters. The number of hydrogen-bond acceptors (Lipinski definition) is 6. The summed E-state index contributed by atoms with van der Waals surface area (Å²) < 4.78 is 19.6. The summed E-state index contributed by atoms with van der Waals surface area (Å²) in [6.45, 7) is 3.25. The number of carbonyl (C=O) groups is 1. The van der Waals surface area contributed by atoms with E-state index in [4.69, 9.17) is 33.7 Å². The second kappa shape index (κ2) is 10.8. The molecule has 2 unspecified atom stereocenters. The number of nitrogen functional groups attached to an aromatic ring is 1. The fraction of sp³-hybridized carbons (Fsp3) is 0.364. The smallest absolute Gasteiger partial charge is 0.234 e. The third-order valence-corrected chi connectivity index (χ3v) is 5.61. The van der Waals surface area contributed by atoms with Gasteiger partial charge in [-0.3, -0.25) is 9.69 Å². The van der Waals surface area contributed by atoms with E-state index in [0.29, 0.717) is 30.6 Å². The summed E-state index contributed by atoms with van der Waals surface area (Å²) >= 11 is 12.2. The topological polar surface area (TPSA) is 101 Å². The Morgan fingerprint density at radius 2 is 2.28 bits per heavy atom. The van der Waals surface area contributed by atoms with Gasteiger partial charge in [-0.1, -0.05) is 35.0 Å². The molecule has 0 spiro atoms. The van der Waals surface area contributed by atoms with E-state index in [-0.39, 0.29) is 46.7 Å². The zero-order chi connectivity index (χ0) is 23.3. The van der Waals surface area contributed by atoms with Gasteiger partial charge in [-0.05, 0) is 25.5 Å². The van der Waals surface area contributed by atoms with Crippen molar-refractivity contribution in [2.24, 2.45) is 0 Å². The van der Waals surface area contributed by atoms with Crippen LogP contribution in [-0.4, -0.2) is 53.2 Å². The number of ether oxygens (including phenoxy) is 1. The summed E-state index contributed by atoms with van der Waals surface area (Å²) in [4.78, 5) is 17.9. The van der Waals surface area contributed by atoms with Gasteiger partial charge in [0, 0.05) is 41.5 Å². The Morgan fingerprint density at radius 1 is 1.50 bits per heavy atom. The minimum absolute atomic E-state index is 0.119. The minimum atomic E-state index is -0.693. The summed E-state index contributed by atoms with van der Waals surface area (Å²) in [7, 11) is 0. The van der Waals surface area contributed by atoms with Gasteiger partial charge in [0.25, 0.3) is 0 Å². The number of hydrogen-bond donors (Lipinski definition) is 3. The first-order chi connectivity index (χ1) is 15.2. The summed E-state index contributed by atoms with van der Waals surface area (Å²) in [6, 6.07) is 4.18. The number of aliphatic hydroxyl groups is 1. The molecule has 0 radical (unpaired) electrons. The molecular weight excluding hydrogens is 458 g/mol. The van der Waals surface area contributed by atoms with Gasteiger partial charge in [-0.25, -0.2) is 9.37 Å². The van der Waals surface area contributed by atoms with Gasteiger partial charge >= 0.3 is 0 Å². The van der Waals surface area contributed by atoms with E-state index in [1.165, 1.54) is 18.3 Å². The Kier molecular flexibility index (Phi) is 8.15. The summed E-state index contributed by atoms with van der Waals surface area (Å²) in [5.74, 6) is 5.35. The highest BCUT2D eigenvalue weighted by molar-refractivity contribution is 6.36. The molecule has 0 bridgehead atoms. The van der Waals surface area contributed by atoms with Gasteiger partial charge in [0.1, 0.15) is 11.9 Å². The van der Waals surface area contributed by atoms with Crippen molar-refractivity contribution >= 4 is 34.9 Å². The minimum Gasteiger partial charge on any atom is -0.482 e. The summed E-state index contributed by atoms with van der Waals surface area (Å²) in [6.07, 6.45) is 1.10. The number of aromatic nitrogens is 1. The molecule has 7 nitrogen and oxygen atoms in total. The third-order valence-electron chi connectivity index (χ3n) is 4.89. The number of rotatable bonds is 6. The predicted octanol–water partition coefficient (Wildman–Crippen LogP) is 2.78. The van der Waals surface area contributed by atoms with Crippen molar-refractivity contribution in [2.45, 2.75) is 25.6 Å². The number of benzene rings is 1. The van der Waals surface area contributed by atoms with Crippen LogP contribution in [0.3, 0.4) is 0 Å². The average molecular weight is 481 g/mol. The third kappa shape index (κ3) is 6.24. The highest BCUT2D eigenvalue weighted by Gasteiger charge is 2.22. The Bertz CT molecular complexity index is 1060. The number of halogens is 3. The molecular formula is C22H23Cl2FN4O3. The fourth-order valence-electron chi connectivity index (χ4n) is 3.29. The molecule has 2 aromatic rings. The maximum atomic E-state index is 13.8. The molecule has 3 rings (SSSR count). The van der Waals surface area contributed by atoms with Gasteiger partial charge in [-0.2, -0.15) is 0 Å². The maximum absolute atomic E-state index is 13.8. The lowest BCUT2D eigenvalue weighted by molar-refractivity contribution is -0.121. The molecule has 1 saturated heterocycles. The quantitative estimate of drug-likeness (QED) is 0.434. The van der Waals surface area contributed by atoms with E-state index in [2.05, 4.69) is 22.1 Å². The SMILES string of the molecule is CC(Oc1cc(C#CCNC(=O)CN2CCC(O)C2)cnc1N)c1c(Cl)ccc(F)c1Cl. The first-order valence-corrected chi connectivity index (χ1v) is 10.7. The molecule has 0 aliphatic carbocycles. The van der Waals surface area contributed by atoms with Crippen molar-refractivity contribution in [3.05, 3.63) is 51.4 Å². The van der Waals surface area contributed by atoms with Gasteiger partial charge in [0.15, 0.2) is 11.6 Å². The number of carbonyl (C=O) groups excluding carboxylic acids is 1. The summed E-state index contributed by atoms with van der Waals surface area (Å²) in [5.41, 5.74) is 6.73. The number of aliphatic hydroxyl groups excluding tert-OH is 1. The normalized spacial score (nSPS) is 16.8. The molecule has 170 valence electrons. The number of nitrogens with one attached hydrogen (secondary N) is 1. The van der Waals surface area contributed by atoms with Crippen LogP contribution in [0.25, 0.3) is 0 Å². The molecule has 32 heavy (non-hydrogen) atoms. The fourth-order valence-corrected chi connectivity index (χ4v) is 3.96. The molecule has 10 heteroatoms. The monoisotopic (exact) mass is 480 g/mol. The molecule has 2 heterocycles. The van der Waals surface area contributed by atoms with E-state index in [1.807, 2.05) is 4.90 Å². The van der Waals surface area contributed by atoms with Gasteiger partial charge < -0.3 is 20.9 Å². The van der Waals surface area contributed by atoms with Crippen LogP contribution in [-0.2, 0) is 4.79 Å². The van der Waals surface area contributed by atoms with Crippen LogP contribution in [0.5, 0.6) is 5.75 Å². The molecule has 1 aliphatic heterocycles. The average Bonchev–Trinajstić information content (AvgIpc) is 3.15. The van der Waals surface area contributed by atoms with Crippen LogP contribution >= 0.6 is 23.2 Å². The van der Waals surface area contributed by atoms with E-state index >= 15 is 0 Å². The van der Waals surface area contributed by atoms with Gasteiger partial charge in [-0.15, -0.1) is 0 Å².